The highest BCUT2D eigenvalue weighted by molar-refractivity contribution is 8.00. The molecule has 144 valence electrons. The van der Waals surface area contributed by atoms with Gasteiger partial charge in [0, 0.05) is 24.8 Å². The molecule has 1 atom stereocenters. The largest absolute Gasteiger partial charge is 0.341 e. The summed E-state index contributed by atoms with van der Waals surface area (Å²) in [5.41, 5.74) is 0.589. The molecule has 1 aromatic carbocycles. The van der Waals surface area contributed by atoms with E-state index in [0.29, 0.717) is 11.7 Å². The minimum atomic E-state index is -0.328. The molecule has 1 N–H and O–H groups in total. The summed E-state index contributed by atoms with van der Waals surface area (Å²) in [6.07, 6.45) is 5.94. The highest BCUT2D eigenvalue weighted by atomic mass is 32.2. The first-order valence-corrected chi connectivity index (χ1v) is 10.4. The van der Waals surface area contributed by atoms with Gasteiger partial charge in [-0.1, -0.05) is 11.8 Å². The molecule has 2 fully saturated rings. The number of hydrogen-bond acceptors (Lipinski definition) is 5. The fraction of sp³-hybridized carbons (Fsp3) is 0.526. The summed E-state index contributed by atoms with van der Waals surface area (Å²) < 4.78 is 15.2. The monoisotopic (exact) mass is 389 g/mol. The van der Waals surface area contributed by atoms with Gasteiger partial charge in [-0.2, -0.15) is 0 Å². The Morgan fingerprint density at radius 3 is 2.56 bits per heavy atom. The molecule has 2 heterocycles. The van der Waals surface area contributed by atoms with E-state index in [-0.39, 0.29) is 17.0 Å². The molecule has 27 heavy (non-hydrogen) atoms. The third kappa shape index (κ3) is 4.26. The van der Waals surface area contributed by atoms with E-state index < -0.39 is 0 Å². The molecule has 0 bridgehead atoms. The molecule has 1 aromatic heterocycles. The van der Waals surface area contributed by atoms with Crippen LogP contribution in [-0.4, -0.2) is 39.0 Å². The van der Waals surface area contributed by atoms with Crippen LogP contribution in [0.15, 0.2) is 29.4 Å². The lowest BCUT2D eigenvalue weighted by Crippen LogP contribution is -2.32. The number of carbonyl (C=O) groups is 1. The van der Waals surface area contributed by atoms with Gasteiger partial charge in [-0.3, -0.25) is 9.36 Å². The van der Waals surface area contributed by atoms with Crippen molar-refractivity contribution in [2.24, 2.45) is 0 Å². The summed E-state index contributed by atoms with van der Waals surface area (Å²) in [6, 6.07) is 6.24. The normalized spacial score (nSPS) is 18.4. The van der Waals surface area contributed by atoms with Crippen molar-refractivity contribution in [1.29, 1.82) is 0 Å². The summed E-state index contributed by atoms with van der Waals surface area (Å²) in [7, 11) is 0. The van der Waals surface area contributed by atoms with Crippen molar-refractivity contribution in [3.05, 3.63) is 30.1 Å². The molecular formula is C19H24FN5OS. The zero-order valence-electron chi connectivity index (χ0n) is 15.4. The summed E-state index contributed by atoms with van der Waals surface area (Å²) in [4.78, 5) is 14.8. The van der Waals surface area contributed by atoms with Gasteiger partial charge in [-0.05, 0) is 63.3 Å². The lowest BCUT2D eigenvalue weighted by Gasteiger charge is -2.28. The molecule has 0 spiro atoms. The highest BCUT2D eigenvalue weighted by Gasteiger charge is 2.33. The van der Waals surface area contributed by atoms with Gasteiger partial charge in [0.05, 0.1) is 5.25 Å². The van der Waals surface area contributed by atoms with Gasteiger partial charge in [-0.25, -0.2) is 4.39 Å². The van der Waals surface area contributed by atoms with E-state index in [1.165, 1.54) is 43.2 Å². The molecule has 0 radical (unpaired) electrons. The summed E-state index contributed by atoms with van der Waals surface area (Å²) >= 11 is 1.43. The number of rotatable bonds is 6. The Kier molecular flexibility index (Phi) is 5.33. The van der Waals surface area contributed by atoms with Crippen LogP contribution in [-0.2, 0) is 4.79 Å². The first-order valence-electron chi connectivity index (χ1n) is 9.55. The summed E-state index contributed by atoms with van der Waals surface area (Å²) in [6.45, 7) is 3.91. The third-order valence-electron chi connectivity index (χ3n) is 4.96. The van der Waals surface area contributed by atoms with Gasteiger partial charge >= 0.3 is 0 Å². The maximum absolute atomic E-state index is 13.0. The predicted molar refractivity (Wildman–Crippen MR) is 105 cm³/mol. The topological polar surface area (TPSA) is 63.1 Å². The second-order valence-corrected chi connectivity index (χ2v) is 8.50. The number of piperidine rings is 1. The molecule has 1 saturated heterocycles. The van der Waals surface area contributed by atoms with Crippen LogP contribution in [0.3, 0.4) is 0 Å². The molecular weight excluding hydrogens is 365 g/mol. The van der Waals surface area contributed by atoms with Crippen LogP contribution in [0.25, 0.3) is 0 Å². The van der Waals surface area contributed by atoms with Crippen molar-refractivity contribution in [3.63, 3.8) is 0 Å². The van der Waals surface area contributed by atoms with Gasteiger partial charge in [0.15, 0.2) is 5.16 Å². The van der Waals surface area contributed by atoms with Crippen molar-refractivity contribution in [3.8, 4) is 0 Å². The van der Waals surface area contributed by atoms with Crippen LogP contribution in [0.5, 0.6) is 0 Å². The van der Waals surface area contributed by atoms with Crippen molar-refractivity contribution >= 4 is 29.3 Å². The number of nitrogens with zero attached hydrogens (tertiary/aromatic N) is 4. The van der Waals surface area contributed by atoms with Crippen molar-refractivity contribution in [2.45, 2.75) is 55.5 Å². The average molecular weight is 390 g/mol. The number of thioether (sulfide) groups is 1. The number of nitrogens with one attached hydrogen (secondary N) is 1. The zero-order chi connectivity index (χ0) is 18.8. The van der Waals surface area contributed by atoms with Crippen LogP contribution in [0.2, 0.25) is 0 Å². The van der Waals surface area contributed by atoms with E-state index >= 15 is 0 Å². The molecule has 8 heteroatoms. The second-order valence-electron chi connectivity index (χ2n) is 7.19. The van der Waals surface area contributed by atoms with Crippen molar-refractivity contribution < 1.29 is 9.18 Å². The first-order chi connectivity index (χ1) is 13.1. The fourth-order valence-corrected chi connectivity index (χ4v) is 4.21. The minimum Gasteiger partial charge on any atom is -0.341 e. The summed E-state index contributed by atoms with van der Waals surface area (Å²) in [5.74, 6) is 0.500. The number of aromatic nitrogens is 3. The quantitative estimate of drug-likeness (QED) is 0.760. The average Bonchev–Trinajstić information content (AvgIpc) is 3.44. The van der Waals surface area contributed by atoms with Gasteiger partial charge in [0.2, 0.25) is 11.9 Å². The van der Waals surface area contributed by atoms with Gasteiger partial charge in [0.1, 0.15) is 5.82 Å². The SMILES string of the molecule is C[C@H](Sc1nnc(N2CCCCC2)n1C1CC1)C(=O)Nc1ccc(F)cc1. The van der Waals surface area contributed by atoms with Crippen LogP contribution in [0.1, 0.15) is 45.1 Å². The first kappa shape index (κ1) is 18.3. The standard InChI is InChI=1S/C19H24FN5OS/c1-13(17(26)21-15-7-5-14(20)6-8-15)27-19-23-22-18(25(19)16-9-10-16)24-11-3-2-4-12-24/h5-8,13,16H,2-4,9-12H2,1H3,(H,21,26)/t13-/m0/s1. The number of anilines is 2. The Morgan fingerprint density at radius 1 is 1.19 bits per heavy atom. The maximum Gasteiger partial charge on any atom is 0.237 e. The number of amides is 1. The zero-order valence-corrected chi connectivity index (χ0v) is 16.2. The van der Waals surface area contributed by atoms with E-state index in [2.05, 4.69) is 25.0 Å². The van der Waals surface area contributed by atoms with Gasteiger partial charge < -0.3 is 10.2 Å². The molecule has 1 amide bonds. The van der Waals surface area contributed by atoms with E-state index in [0.717, 1.165) is 37.0 Å². The van der Waals surface area contributed by atoms with E-state index in [1.54, 1.807) is 12.1 Å². The number of carbonyl (C=O) groups excluding carboxylic acids is 1. The molecule has 4 rings (SSSR count). The lowest BCUT2D eigenvalue weighted by atomic mass is 10.1. The van der Waals surface area contributed by atoms with Gasteiger partial charge in [-0.15, -0.1) is 10.2 Å². The number of hydrogen-bond donors (Lipinski definition) is 1. The van der Waals surface area contributed by atoms with E-state index in [1.807, 2.05) is 6.92 Å². The smallest absolute Gasteiger partial charge is 0.237 e. The lowest BCUT2D eigenvalue weighted by molar-refractivity contribution is -0.115. The minimum absolute atomic E-state index is 0.128. The molecule has 1 aliphatic heterocycles. The van der Waals surface area contributed by atoms with Crippen LogP contribution < -0.4 is 10.2 Å². The highest BCUT2D eigenvalue weighted by Crippen LogP contribution is 2.42. The van der Waals surface area contributed by atoms with Gasteiger partial charge in [0.25, 0.3) is 0 Å². The van der Waals surface area contributed by atoms with E-state index in [4.69, 9.17) is 0 Å². The Morgan fingerprint density at radius 2 is 1.89 bits per heavy atom. The fourth-order valence-electron chi connectivity index (χ4n) is 3.30. The Labute approximate surface area is 162 Å². The van der Waals surface area contributed by atoms with Crippen LogP contribution in [0, 0.1) is 5.82 Å². The molecule has 1 saturated carbocycles. The van der Waals surface area contributed by atoms with Crippen LogP contribution >= 0.6 is 11.8 Å². The Balaban J connectivity index is 1.45. The van der Waals surface area contributed by atoms with Crippen LogP contribution in [0.4, 0.5) is 16.0 Å². The Bertz CT molecular complexity index is 799. The van der Waals surface area contributed by atoms with Crippen molar-refractivity contribution in [1.82, 2.24) is 14.8 Å². The molecule has 1 aliphatic carbocycles. The molecule has 6 nitrogen and oxygen atoms in total. The maximum atomic E-state index is 13.0. The molecule has 2 aromatic rings. The number of halogens is 1. The van der Waals surface area contributed by atoms with Crippen molar-refractivity contribution in [2.75, 3.05) is 23.3 Å². The molecule has 0 unspecified atom stereocenters. The molecule has 2 aliphatic rings. The Hall–Kier alpha value is -2.09. The second kappa shape index (κ2) is 7.88. The number of benzene rings is 1. The van der Waals surface area contributed by atoms with E-state index in [9.17, 15) is 9.18 Å². The third-order valence-corrected chi connectivity index (χ3v) is 6.02. The predicted octanol–water partition coefficient (Wildman–Crippen LogP) is 3.86. The summed E-state index contributed by atoms with van der Waals surface area (Å²) in [5, 5.41) is 12.2.